The summed E-state index contributed by atoms with van der Waals surface area (Å²) in [5.74, 6) is -1.95. The van der Waals surface area contributed by atoms with Gasteiger partial charge in [-0.05, 0) is 12.1 Å². The summed E-state index contributed by atoms with van der Waals surface area (Å²) in [5.41, 5.74) is -0.770. The highest BCUT2D eigenvalue weighted by atomic mass is 32.2. The van der Waals surface area contributed by atoms with Crippen molar-refractivity contribution in [3.63, 3.8) is 0 Å². The minimum atomic E-state index is -4.37. The van der Waals surface area contributed by atoms with Crippen molar-refractivity contribution in [1.82, 2.24) is 20.2 Å². The molecule has 3 aromatic rings. The highest BCUT2D eigenvalue weighted by Gasteiger charge is 2.57. The zero-order valence-corrected chi connectivity index (χ0v) is 26.0. The highest BCUT2D eigenvalue weighted by Crippen LogP contribution is 2.45. The molecule has 4 heterocycles. The minimum Gasteiger partial charge on any atom is -0.481 e. The number of amides is 3. The zero-order chi connectivity index (χ0) is 30.8. The van der Waals surface area contributed by atoms with Gasteiger partial charge in [-0.25, -0.2) is 9.97 Å². The lowest BCUT2D eigenvalue weighted by molar-refractivity contribution is -0.157. The van der Waals surface area contributed by atoms with Crippen LogP contribution in [0.5, 0.6) is 0 Å². The zero-order valence-electron chi connectivity index (χ0n) is 21.8. The van der Waals surface area contributed by atoms with Gasteiger partial charge < -0.3 is 35.3 Å². The summed E-state index contributed by atoms with van der Waals surface area (Å²) in [6.07, 6.45) is -0.246. The Bertz CT molecular complexity index is 1610. The van der Waals surface area contributed by atoms with Crippen molar-refractivity contribution in [1.29, 1.82) is 0 Å². The lowest BCUT2D eigenvalue weighted by Gasteiger charge is -2.53. The molecular formula is C23H23N6O9PS4. The van der Waals surface area contributed by atoms with E-state index < -0.39 is 55.0 Å². The molecule has 0 radical (unpaired) electrons. The van der Waals surface area contributed by atoms with Gasteiger partial charge in [-0.15, -0.1) is 34.4 Å². The predicted molar refractivity (Wildman–Crippen MR) is 162 cm³/mol. The number of carbonyl (C=O) groups is 4. The van der Waals surface area contributed by atoms with Gasteiger partial charge in [-0.1, -0.05) is 29.1 Å². The molecule has 0 bridgehead atoms. The number of rotatable bonds is 13. The summed E-state index contributed by atoms with van der Waals surface area (Å²) >= 11 is 5.04. The molecule has 15 nitrogen and oxygen atoms in total. The van der Waals surface area contributed by atoms with E-state index in [-0.39, 0.29) is 34.6 Å². The van der Waals surface area contributed by atoms with E-state index in [2.05, 4.69) is 25.8 Å². The Kier molecular flexibility index (Phi) is 9.40. The quantitative estimate of drug-likeness (QED) is 0.0328. The Balaban J connectivity index is 1.25. The first kappa shape index (κ1) is 31.4. The highest BCUT2D eigenvalue weighted by molar-refractivity contribution is 8.01. The Morgan fingerprint density at radius 2 is 2.09 bits per heavy atom. The molecule has 3 amide bonds. The third kappa shape index (κ3) is 7.03. The Morgan fingerprint density at radius 3 is 2.81 bits per heavy atom. The van der Waals surface area contributed by atoms with E-state index >= 15 is 0 Å². The summed E-state index contributed by atoms with van der Waals surface area (Å²) in [7, 11) is -4.37. The van der Waals surface area contributed by atoms with Crippen molar-refractivity contribution >= 4 is 99.0 Å². The van der Waals surface area contributed by atoms with Gasteiger partial charge in [0.2, 0.25) is 12.3 Å². The number of fused-ring (bicyclic) bond motifs is 2. The summed E-state index contributed by atoms with van der Waals surface area (Å²) < 4.78 is 12.8. The smallest absolute Gasteiger partial charge is 0.329 e. The average molecular weight is 687 g/mol. The number of aliphatic carboxylic acids is 1. The van der Waals surface area contributed by atoms with Gasteiger partial charge in [0.15, 0.2) is 15.2 Å². The monoisotopic (exact) mass is 686 g/mol. The first-order valence-corrected chi connectivity index (χ1v) is 17.9. The molecule has 2 fully saturated rings. The van der Waals surface area contributed by atoms with Gasteiger partial charge in [-0.3, -0.25) is 23.7 Å². The number of hydrogen-bond donors (Lipinski definition) is 5. The number of nitrogens with zero attached hydrogens (tertiary/aromatic N) is 4. The molecule has 0 spiro atoms. The topological polar surface area (TPSA) is 221 Å². The third-order valence-corrected chi connectivity index (χ3v) is 12.0. The van der Waals surface area contributed by atoms with Crippen LogP contribution in [0.15, 0.2) is 39.1 Å². The molecule has 1 aromatic carbocycles. The number of β-lactam (4-membered cyclic amide) rings is 1. The molecule has 0 aliphatic carbocycles. The molecule has 43 heavy (non-hydrogen) atoms. The van der Waals surface area contributed by atoms with Crippen molar-refractivity contribution in [2.75, 3.05) is 36.1 Å². The normalized spacial score (nSPS) is 22.0. The van der Waals surface area contributed by atoms with Crippen molar-refractivity contribution in [2.45, 2.75) is 15.8 Å². The standard InChI is InChI=1S/C23H23N6O9PS4/c30-11-24-21-25-13(7-40-21)15(28-38-5-6-39(35,36)37)17(31)27-16-18(32)29-8-23(20(33)34,9-41-19(16)29)10-42-22-26-12-3-1-2-4-14(12)43-22/h1-4,7,11,16,19H,5-6,8-10H2,(H,27,31)(H,33,34)(H,24,25,30)(H2,35,36,37)/t16?,19-,23?/m1/s1. The molecule has 2 saturated heterocycles. The molecule has 3 atom stereocenters. The molecule has 20 heteroatoms. The van der Waals surface area contributed by atoms with Crippen molar-refractivity contribution in [3.8, 4) is 0 Å². The number of carboxylic acid groups (broad SMARTS) is 1. The minimum absolute atomic E-state index is 0.000258. The molecule has 228 valence electrons. The summed E-state index contributed by atoms with van der Waals surface area (Å²) in [5, 5.41) is 19.8. The lowest BCUT2D eigenvalue weighted by Crippen LogP contribution is -2.74. The Morgan fingerprint density at radius 1 is 1.30 bits per heavy atom. The number of oxime groups is 1. The average Bonchev–Trinajstić information content (AvgIpc) is 3.61. The first-order valence-electron chi connectivity index (χ1n) is 12.3. The fraction of sp³-hybridized carbons (Fsp3) is 0.348. The molecule has 5 rings (SSSR count). The number of nitrogens with one attached hydrogen (secondary N) is 2. The van der Waals surface area contributed by atoms with E-state index in [9.17, 15) is 28.8 Å². The van der Waals surface area contributed by atoms with Crippen LogP contribution < -0.4 is 10.6 Å². The SMILES string of the molecule is O=CNc1nc(C(=NOCCP(=O)(O)O)C(=O)NC2C(=O)N3CC(CSc4nc5ccccc5s4)(C(=O)O)CS[C@H]23)cs1. The van der Waals surface area contributed by atoms with E-state index in [1.165, 1.54) is 45.1 Å². The number of para-hydroxylation sites is 1. The van der Waals surface area contributed by atoms with Gasteiger partial charge in [0.1, 0.15) is 29.1 Å². The van der Waals surface area contributed by atoms with Crippen LogP contribution in [0.25, 0.3) is 10.2 Å². The molecule has 0 saturated carbocycles. The number of anilines is 1. The van der Waals surface area contributed by atoms with Crippen LogP contribution in [0.3, 0.4) is 0 Å². The molecule has 2 aromatic heterocycles. The number of hydrogen-bond acceptors (Lipinski definition) is 13. The maximum Gasteiger partial charge on any atom is 0.329 e. The van der Waals surface area contributed by atoms with Crippen molar-refractivity contribution in [3.05, 3.63) is 35.3 Å². The fourth-order valence-electron chi connectivity index (χ4n) is 4.20. The van der Waals surface area contributed by atoms with Gasteiger partial charge in [0, 0.05) is 23.4 Å². The van der Waals surface area contributed by atoms with Crippen molar-refractivity contribution in [2.24, 2.45) is 10.6 Å². The fourth-order valence-corrected chi connectivity index (χ4v) is 9.11. The predicted octanol–water partition coefficient (Wildman–Crippen LogP) is 1.48. The van der Waals surface area contributed by atoms with Crippen LogP contribution in [0, 0.1) is 5.41 Å². The van der Waals surface area contributed by atoms with Crippen LogP contribution in [0.1, 0.15) is 5.69 Å². The number of thioether (sulfide) groups is 2. The lowest BCUT2D eigenvalue weighted by atomic mass is 9.89. The van der Waals surface area contributed by atoms with Crippen LogP contribution in [-0.4, -0.2) is 102 Å². The number of carboxylic acids is 1. The van der Waals surface area contributed by atoms with Gasteiger partial charge in [-0.2, -0.15) is 0 Å². The van der Waals surface area contributed by atoms with Gasteiger partial charge >= 0.3 is 13.6 Å². The Hall–Kier alpha value is -3.06. The summed E-state index contributed by atoms with van der Waals surface area (Å²) in [4.78, 5) is 82.6. The van der Waals surface area contributed by atoms with Gasteiger partial charge in [0.05, 0.1) is 16.4 Å². The number of carbonyl (C=O) groups excluding carboxylic acids is 3. The third-order valence-electron chi connectivity index (χ3n) is 6.41. The summed E-state index contributed by atoms with van der Waals surface area (Å²) in [6, 6.07) is 6.64. The largest absolute Gasteiger partial charge is 0.481 e. The molecular weight excluding hydrogens is 664 g/mol. The number of aromatic nitrogens is 2. The van der Waals surface area contributed by atoms with Crippen LogP contribution >= 0.6 is 53.8 Å². The summed E-state index contributed by atoms with van der Waals surface area (Å²) in [6.45, 7) is -0.534. The molecule has 2 aliphatic rings. The first-order chi connectivity index (χ1) is 20.5. The second-order valence-corrected chi connectivity index (χ2v) is 15.4. The Labute approximate surface area is 259 Å². The van der Waals surface area contributed by atoms with Crippen LogP contribution in [-0.2, 0) is 28.6 Å². The molecule has 2 aliphatic heterocycles. The van der Waals surface area contributed by atoms with Crippen LogP contribution in [0.4, 0.5) is 5.13 Å². The molecule has 5 N–H and O–H groups in total. The van der Waals surface area contributed by atoms with Crippen LogP contribution in [0.2, 0.25) is 0 Å². The number of benzene rings is 1. The number of thiazole rings is 2. The van der Waals surface area contributed by atoms with E-state index in [0.29, 0.717) is 6.41 Å². The maximum absolute atomic E-state index is 13.2. The van der Waals surface area contributed by atoms with E-state index in [1.54, 1.807) is 0 Å². The molecule has 2 unspecified atom stereocenters. The van der Waals surface area contributed by atoms with E-state index in [0.717, 1.165) is 25.9 Å². The van der Waals surface area contributed by atoms with Crippen molar-refractivity contribution < 1.29 is 43.5 Å². The van der Waals surface area contributed by atoms with E-state index in [1.807, 2.05) is 24.3 Å². The second kappa shape index (κ2) is 12.9. The second-order valence-electron chi connectivity index (χ2n) is 9.40. The van der Waals surface area contributed by atoms with Gasteiger partial charge in [0.25, 0.3) is 5.91 Å². The van der Waals surface area contributed by atoms with E-state index in [4.69, 9.17) is 14.6 Å². The maximum atomic E-state index is 13.2.